The Hall–Kier alpha value is -3.03. The van der Waals surface area contributed by atoms with Crippen LogP contribution < -0.4 is 0 Å². The molecule has 1 atom stereocenters. The monoisotopic (exact) mass is 494 g/mol. The number of aryl methyl sites for hydroxylation is 1. The fourth-order valence-electron chi connectivity index (χ4n) is 4.15. The quantitative estimate of drug-likeness (QED) is 0.436. The van der Waals surface area contributed by atoms with Crippen molar-refractivity contribution in [2.24, 2.45) is 4.99 Å². The van der Waals surface area contributed by atoms with Crippen LogP contribution in [0.3, 0.4) is 0 Å². The number of aliphatic imine (C=N–C) groups is 1. The number of rotatable bonds is 8. The van der Waals surface area contributed by atoms with Gasteiger partial charge in [-0.05, 0) is 51.7 Å². The van der Waals surface area contributed by atoms with Crippen molar-refractivity contribution in [3.63, 3.8) is 0 Å². The summed E-state index contributed by atoms with van der Waals surface area (Å²) in [5, 5.41) is 26.8. The molecule has 1 aromatic heterocycles. The summed E-state index contributed by atoms with van der Waals surface area (Å²) < 4.78 is 0. The highest BCUT2D eigenvalue weighted by atomic mass is 16.3. The molecular formula is C29H42N4O3. The van der Waals surface area contributed by atoms with E-state index in [9.17, 15) is 9.90 Å². The van der Waals surface area contributed by atoms with Gasteiger partial charge in [-0.2, -0.15) is 5.10 Å². The van der Waals surface area contributed by atoms with Gasteiger partial charge in [0.2, 0.25) is 0 Å². The van der Waals surface area contributed by atoms with Crippen molar-refractivity contribution in [2.75, 3.05) is 19.7 Å². The maximum absolute atomic E-state index is 12.2. The topological polar surface area (TPSA) is 102 Å². The van der Waals surface area contributed by atoms with Crippen molar-refractivity contribution in [1.29, 1.82) is 0 Å². The molecule has 0 spiro atoms. The molecule has 3 N–H and O–H groups in total. The van der Waals surface area contributed by atoms with Crippen molar-refractivity contribution >= 4 is 17.7 Å². The molecular weight excluding hydrogens is 452 g/mol. The summed E-state index contributed by atoms with van der Waals surface area (Å²) in [5.41, 5.74) is 7.58. The maximum atomic E-state index is 12.2. The molecule has 2 heterocycles. The predicted molar refractivity (Wildman–Crippen MR) is 148 cm³/mol. The fourth-order valence-corrected chi connectivity index (χ4v) is 4.15. The second-order valence-corrected chi connectivity index (χ2v) is 9.00. The normalized spacial score (nSPS) is 16.2. The molecule has 1 aliphatic heterocycles. The van der Waals surface area contributed by atoms with Crippen molar-refractivity contribution in [3.05, 3.63) is 58.9 Å². The smallest absolute Gasteiger partial charge is 0.253 e. The van der Waals surface area contributed by atoms with Gasteiger partial charge in [0.1, 0.15) is 0 Å². The molecule has 1 aliphatic rings. The van der Waals surface area contributed by atoms with Gasteiger partial charge in [-0.25, -0.2) is 0 Å². The number of aromatic amines is 1. The first-order valence-electron chi connectivity index (χ1n) is 12.9. The minimum atomic E-state index is -1.35. The van der Waals surface area contributed by atoms with Crippen LogP contribution in [-0.4, -0.2) is 63.2 Å². The number of H-pyrrole nitrogens is 1. The molecule has 1 saturated heterocycles. The lowest BCUT2D eigenvalue weighted by atomic mass is 9.87. The standard InChI is InChI=1S/C27H36N4O3.C2H6/c1-5-18(2)16-28-13-10-20(4)24-25(21-8-6-19(3)7-9-21)29-30-26(24)22-11-14-31(15-12-22)27(34)23(33)17-32;1-2/h6-10,13,16,22-23,32-33H,5,11-12,14-15,17H2,1-4H3,(H,29,30);1-2H3/b18-16?,20-10+,28-13?;. The second-order valence-electron chi connectivity index (χ2n) is 9.00. The van der Waals surface area contributed by atoms with Gasteiger partial charge >= 0.3 is 0 Å². The number of benzene rings is 1. The molecule has 7 nitrogen and oxygen atoms in total. The van der Waals surface area contributed by atoms with Crippen molar-refractivity contribution in [3.8, 4) is 11.3 Å². The number of aliphatic hydroxyl groups excluding tert-OH is 2. The molecule has 0 bridgehead atoms. The van der Waals surface area contributed by atoms with E-state index in [4.69, 9.17) is 10.2 Å². The highest BCUT2D eigenvalue weighted by Crippen LogP contribution is 2.37. The third-order valence-corrected chi connectivity index (χ3v) is 6.45. The number of hydrogen-bond acceptors (Lipinski definition) is 5. The van der Waals surface area contributed by atoms with Gasteiger partial charge in [-0.3, -0.25) is 14.9 Å². The van der Waals surface area contributed by atoms with E-state index in [1.807, 2.05) is 32.3 Å². The number of piperidine rings is 1. The van der Waals surface area contributed by atoms with Gasteiger partial charge in [0, 0.05) is 48.2 Å². The van der Waals surface area contributed by atoms with E-state index >= 15 is 0 Å². The van der Waals surface area contributed by atoms with Gasteiger partial charge in [-0.1, -0.05) is 56.2 Å². The van der Waals surface area contributed by atoms with E-state index in [2.05, 4.69) is 62.1 Å². The Morgan fingerprint density at radius 2 is 1.86 bits per heavy atom. The third-order valence-electron chi connectivity index (χ3n) is 6.45. The highest BCUT2D eigenvalue weighted by molar-refractivity contribution is 5.89. The summed E-state index contributed by atoms with van der Waals surface area (Å²) in [6.45, 7) is 12.8. The Balaban J connectivity index is 0.00000222. The number of amides is 1. The number of likely N-dealkylation sites (tertiary alicyclic amines) is 1. The van der Waals surface area contributed by atoms with E-state index in [-0.39, 0.29) is 5.92 Å². The van der Waals surface area contributed by atoms with Crippen LogP contribution >= 0.6 is 0 Å². The summed E-state index contributed by atoms with van der Waals surface area (Å²) >= 11 is 0. The van der Waals surface area contributed by atoms with Crippen molar-refractivity contribution in [2.45, 2.75) is 72.8 Å². The Kier molecular flexibility index (Phi) is 11.8. The Bertz CT molecular complexity index is 1060. The molecule has 2 aromatic rings. The van der Waals surface area contributed by atoms with E-state index in [1.54, 1.807) is 4.90 Å². The molecule has 36 heavy (non-hydrogen) atoms. The molecule has 7 heteroatoms. The number of aliphatic hydroxyl groups is 2. The average molecular weight is 495 g/mol. The maximum Gasteiger partial charge on any atom is 0.253 e. The SMILES string of the molecule is CC.CCC(C)=CN=C/C=C(\C)c1c(-c2ccc(C)cc2)n[nH]c1C1CCN(C(=O)C(O)CO)CC1. The zero-order valence-electron chi connectivity index (χ0n) is 22.6. The lowest BCUT2D eigenvalue weighted by molar-refractivity contribution is -0.143. The summed E-state index contributed by atoms with van der Waals surface area (Å²) in [4.78, 5) is 18.3. The molecule has 3 rings (SSSR count). The van der Waals surface area contributed by atoms with Crippen LogP contribution in [0.1, 0.15) is 76.6 Å². The van der Waals surface area contributed by atoms with Gasteiger partial charge < -0.3 is 15.1 Å². The van der Waals surface area contributed by atoms with Crippen LogP contribution in [0.15, 0.2) is 47.1 Å². The average Bonchev–Trinajstić information content (AvgIpc) is 3.37. The summed E-state index contributed by atoms with van der Waals surface area (Å²) in [6.07, 6.45) is 6.86. The minimum absolute atomic E-state index is 0.208. The molecule has 1 aromatic carbocycles. The number of carbonyl (C=O) groups excluding carboxylic acids is 1. The Morgan fingerprint density at radius 1 is 1.22 bits per heavy atom. The zero-order valence-corrected chi connectivity index (χ0v) is 22.6. The van der Waals surface area contributed by atoms with Gasteiger partial charge in [-0.15, -0.1) is 0 Å². The van der Waals surface area contributed by atoms with Crippen LogP contribution in [0.4, 0.5) is 0 Å². The number of nitrogens with one attached hydrogen (secondary N) is 1. The highest BCUT2D eigenvalue weighted by Gasteiger charge is 2.30. The fraction of sp³-hybridized carbons (Fsp3) is 0.483. The van der Waals surface area contributed by atoms with Crippen LogP contribution in [0.25, 0.3) is 16.8 Å². The zero-order chi connectivity index (χ0) is 26.7. The molecule has 196 valence electrons. The molecule has 0 radical (unpaired) electrons. The summed E-state index contributed by atoms with van der Waals surface area (Å²) in [6, 6.07) is 8.35. The predicted octanol–water partition coefficient (Wildman–Crippen LogP) is 5.26. The molecule has 1 fully saturated rings. The Morgan fingerprint density at radius 3 is 2.44 bits per heavy atom. The van der Waals surface area contributed by atoms with Gasteiger partial charge in [0.05, 0.1) is 12.3 Å². The molecule has 0 saturated carbocycles. The molecule has 1 unspecified atom stereocenters. The largest absolute Gasteiger partial charge is 0.393 e. The summed E-state index contributed by atoms with van der Waals surface area (Å²) in [5.74, 6) is -0.201. The van der Waals surface area contributed by atoms with E-state index < -0.39 is 18.6 Å². The number of allylic oxidation sites excluding steroid dienone is 3. The first-order chi connectivity index (χ1) is 17.3. The van der Waals surface area contributed by atoms with Gasteiger partial charge in [0.15, 0.2) is 6.10 Å². The lowest BCUT2D eigenvalue weighted by Gasteiger charge is -2.33. The number of carbonyl (C=O) groups is 1. The molecule has 0 aliphatic carbocycles. The van der Waals surface area contributed by atoms with Crippen LogP contribution in [0.5, 0.6) is 0 Å². The van der Waals surface area contributed by atoms with Crippen molar-refractivity contribution < 1.29 is 15.0 Å². The van der Waals surface area contributed by atoms with E-state index in [1.165, 1.54) is 11.1 Å². The number of nitrogens with zero attached hydrogens (tertiary/aromatic N) is 3. The summed E-state index contributed by atoms with van der Waals surface area (Å²) in [7, 11) is 0. The second kappa shape index (κ2) is 14.5. The van der Waals surface area contributed by atoms with Crippen LogP contribution in [0, 0.1) is 6.92 Å². The minimum Gasteiger partial charge on any atom is -0.393 e. The van der Waals surface area contributed by atoms with E-state index in [0.29, 0.717) is 13.1 Å². The first kappa shape index (κ1) is 29.2. The molecule has 1 amide bonds. The first-order valence-corrected chi connectivity index (χ1v) is 12.9. The van der Waals surface area contributed by atoms with E-state index in [0.717, 1.165) is 47.4 Å². The third kappa shape index (κ3) is 7.48. The lowest BCUT2D eigenvalue weighted by Crippen LogP contribution is -2.44. The van der Waals surface area contributed by atoms with Crippen LogP contribution in [-0.2, 0) is 4.79 Å². The van der Waals surface area contributed by atoms with Crippen LogP contribution in [0.2, 0.25) is 0 Å². The van der Waals surface area contributed by atoms with Gasteiger partial charge in [0.25, 0.3) is 5.91 Å². The number of aromatic nitrogens is 2. The number of hydrogen-bond donors (Lipinski definition) is 3. The Labute approximate surface area is 215 Å². The van der Waals surface area contributed by atoms with Crippen molar-refractivity contribution in [1.82, 2.24) is 15.1 Å².